The number of amides is 1. The highest BCUT2D eigenvalue weighted by molar-refractivity contribution is 5.77. The first-order chi connectivity index (χ1) is 12.8. The molecular weight excluding hydrogens is 326 g/mol. The van der Waals surface area contributed by atoms with E-state index in [4.69, 9.17) is 4.52 Å². The Hall–Kier alpha value is -2.95. The summed E-state index contributed by atoms with van der Waals surface area (Å²) in [5.41, 5.74) is 3.81. The summed E-state index contributed by atoms with van der Waals surface area (Å²) in [6, 6.07) is 18.4. The second-order valence-corrected chi connectivity index (χ2v) is 6.68. The number of benzene rings is 2. The summed E-state index contributed by atoms with van der Waals surface area (Å²) in [5, 5.41) is 6.88. The maximum absolute atomic E-state index is 12.3. The third-order valence-electron chi connectivity index (χ3n) is 4.84. The maximum atomic E-state index is 12.3. The Balaban J connectivity index is 1.29. The maximum Gasteiger partial charge on any atom is 0.246 e. The summed E-state index contributed by atoms with van der Waals surface area (Å²) in [6.07, 6.45) is 3.22. The van der Waals surface area contributed by atoms with Crippen LogP contribution in [0.5, 0.6) is 0 Å². The number of carbonyl (C=O) groups excluding carboxylic acids is 1. The number of hydrogen-bond acceptors (Lipinski definition) is 4. The van der Waals surface area contributed by atoms with Gasteiger partial charge in [0.05, 0.1) is 6.54 Å². The van der Waals surface area contributed by atoms with E-state index in [2.05, 4.69) is 33.7 Å². The first kappa shape index (κ1) is 16.5. The number of hydrogen-bond donors (Lipinski definition) is 1. The van der Waals surface area contributed by atoms with Crippen LogP contribution in [0.3, 0.4) is 0 Å². The Morgan fingerprint density at radius 3 is 2.81 bits per heavy atom. The van der Waals surface area contributed by atoms with Gasteiger partial charge in [0.15, 0.2) is 5.82 Å². The third kappa shape index (κ3) is 3.82. The predicted octanol–water partition coefficient (Wildman–Crippen LogP) is 3.40. The summed E-state index contributed by atoms with van der Waals surface area (Å²) in [4.78, 5) is 16.6. The Bertz CT molecular complexity index is 889. The number of aryl methyl sites for hydroxylation is 1. The molecule has 0 radical (unpaired) electrons. The van der Waals surface area contributed by atoms with Gasteiger partial charge >= 0.3 is 0 Å². The minimum Gasteiger partial charge on any atom is -0.347 e. The lowest BCUT2D eigenvalue weighted by molar-refractivity contribution is -0.121. The quantitative estimate of drug-likeness (QED) is 0.742. The van der Waals surface area contributed by atoms with Crippen molar-refractivity contribution in [2.24, 2.45) is 0 Å². The number of fused-ring (bicyclic) bond motifs is 1. The molecule has 1 aliphatic rings. The number of rotatable bonds is 6. The second kappa shape index (κ2) is 7.52. The van der Waals surface area contributed by atoms with Crippen LogP contribution in [0.15, 0.2) is 59.1 Å². The van der Waals surface area contributed by atoms with Crippen molar-refractivity contribution in [3.63, 3.8) is 0 Å². The summed E-state index contributed by atoms with van der Waals surface area (Å²) < 4.78 is 5.24. The van der Waals surface area contributed by atoms with E-state index in [0.29, 0.717) is 30.5 Å². The van der Waals surface area contributed by atoms with Crippen LogP contribution in [0.1, 0.15) is 47.2 Å². The van der Waals surface area contributed by atoms with Crippen LogP contribution >= 0.6 is 0 Å². The first-order valence-electron chi connectivity index (χ1n) is 8.98. The van der Waals surface area contributed by atoms with Crippen LogP contribution in [0.4, 0.5) is 0 Å². The van der Waals surface area contributed by atoms with Gasteiger partial charge in [-0.25, -0.2) is 0 Å². The molecule has 1 N–H and O–H groups in total. The van der Waals surface area contributed by atoms with Crippen molar-refractivity contribution in [3.05, 3.63) is 83.0 Å². The first-order valence-corrected chi connectivity index (χ1v) is 8.98. The van der Waals surface area contributed by atoms with Gasteiger partial charge in [-0.3, -0.25) is 4.79 Å². The lowest BCUT2D eigenvalue weighted by atomic mass is 9.97. The Morgan fingerprint density at radius 1 is 1.12 bits per heavy atom. The van der Waals surface area contributed by atoms with Crippen molar-refractivity contribution in [1.82, 2.24) is 15.5 Å². The molecule has 0 saturated carbocycles. The lowest BCUT2D eigenvalue weighted by Gasteiger charge is -2.10. The van der Waals surface area contributed by atoms with E-state index in [1.807, 2.05) is 36.4 Å². The molecule has 1 aromatic heterocycles. The SMILES string of the molecule is O=C(C[C@H]1CCc2ccccc21)NCc1nc(Cc2ccccc2)no1. The van der Waals surface area contributed by atoms with Gasteiger partial charge in [-0.1, -0.05) is 59.8 Å². The molecule has 5 heteroatoms. The molecule has 0 spiro atoms. The van der Waals surface area contributed by atoms with Crippen molar-refractivity contribution < 1.29 is 9.32 Å². The van der Waals surface area contributed by atoms with E-state index in [1.54, 1.807) is 0 Å². The normalized spacial score (nSPS) is 15.6. The minimum atomic E-state index is 0.0227. The van der Waals surface area contributed by atoms with E-state index in [0.717, 1.165) is 18.4 Å². The average molecular weight is 347 g/mol. The van der Waals surface area contributed by atoms with Gasteiger partial charge in [0, 0.05) is 12.8 Å². The molecule has 132 valence electrons. The number of aromatic nitrogens is 2. The Morgan fingerprint density at radius 2 is 1.92 bits per heavy atom. The van der Waals surface area contributed by atoms with Crippen LogP contribution in [0, 0.1) is 0 Å². The smallest absolute Gasteiger partial charge is 0.246 e. The summed E-state index contributed by atoms with van der Waals surface area (Å²) >= 11 is 0. The molecule has 1 atom stereocenters. The van der Waals surface area contributed by atoms with E-state index in [9.17, 15) is 4.79 Å². The van der Waals surface area contributed by atoms with Gasteiger partial charge < -0.3 is 9.84 Å². The van der Waals surface area contributed by atoms with Crippen LogP contribution in [0.25, 0.3) is 0 Å². The highest BCUT2D eigenvalue weighted by atomic mass is 16.5. The molecule has 0 saturated heterocycles. The van der Waals surface area contributed by atoms with Crippen LogP contribution < -0.4 is 5.32 Å². The number of nitrogens with one attached hydrogen (secondary N) is 1. The molecule has 0 aliphatic heterocycles. The van der Waals surface area contributed by atoms with Gasteiger partial charge in [0.1, 0.15) is 0 Å². The van der Waals surface area contributed by atoms with E-state index in [-0.39, 0.29) is 12.5 Å². The standard InChI is InChI=1S/C21H21N3O2/c25-20(13-17-11-10-16-8-4-5-9-18(16)17)22-14-21-23-19(24-26-21)12-15-6-2-1-3-7-15/h1-9,17H,10-14H2,(H,22,25)/t17-/m1/s1. The van der Waals surface area contributed by atoms with Gasteiger partial charge in [-0.15, -0.1) is 0 Å². The van der Waals surface area contributed by atoms with Gasteiger partial charge in [0.25, 0.3) is 0 Å². The average Bonchev–Trinajstić information content (AvgIpc) is 3.28. The van der Waals surface area contributed by atoms with E-state index < -0.39 is 0 Å². The van der Waals surface area contributed by atoms with Crippen molar-refractivity contribution >= 4 is 5.91 Å². The van der Waals surface area contributed by atoms with Crippen molar-refractivity contribution in [3.8, 4) is 0 Å². The van der Waals surface area contributed by atoms with Gasteiger partial charge in [-0.2, -0.15) is 4.98 Å². The Kier molecular flexibility index (Phi) is 4.78. The van der Waals surface area contributed by atoms with Crippen molar-refractivity contribution in [1.29, 1.82) is 0 Å². The number of nitrogens with zero attached hydrogens (tertiary/aromatic N) is 2. The fourth-order valence-electron chi connectivity index (χ4n) is 3.54. The molecule has 0 unspecified atom stereocenters. The largest absolute Gasteiger partial charge is 0.347 e. The topological polar surface area (TPSA) is 68.0 Å². The van der Waals surface area contributed by atoms with Crippen LogP contribution in [0.2, 0.25) is 0 Å². The van der Waals surface area contributed by atoms with Gasteiger partial charge in [0.2, 0.25) is 11.8 Å². The molecule has 26 heavy (non-hydrogen) atoms. The summed E-state index contributed by atoms with van der Waals surface area (Å²) in [6.45, 7) is 0.273. The van der Waals surface area contributed by atoms with E-state index >= 15 is 0 Å². The fourth-order valence-corrected chi connectivity index (χ4v) is 3.54. The highest BCUT2D eigenvalue weighted by Crippen LogP contribution is 2.35. The number of carbonyl (C=O) groups is 1. The Labute approximate surface area is 152 Å². The molecular formula is C21H21N3O2. The molecule has 0 bridgehead atoms. The van der Waals surface area contributed by atoms with Crippen molar-refractivity contribution in [2.45, 2.75) is 38.1 Å². The van der Waals surface area contributed by atoms with Crippen LogP contribution in [-0.4, -0.2) is 16.0 Å². The summed E-state index contributed by atoms with van der Waals surface area (Å²) in [7, 11) is 0. The monoisotopic (exact) mass is 347 g/mol. The highest BCUT2D eigenvalue weighted by Gasteiger charge is 2.24. The molecule has 2 aromatic carbocycles. The molecule has 1 amide bonds. The van der Waals surface area contributed by atoms with Crippen LogP contribution in [-0.2, 0) is 24.2 Å². The second-order valence-electron chi connectivity index (χ2n) is 6.68. The fraction of sp³-hybridized carbons (Fsp3) is 0.286. The molecule has 5 nitrogen and oxygen atoms in total. The third-order valence-corrected chi connectivity index (χ3v) is 4.84. The zero-order chi connectivity index (χ0) is 17.8. The van der Waals surface area contributed by atoms with Gasteiger partial charge in [-0.05, 0) is 35.4 Å². The van der Waals surface area contributed by atoms with E-state index in [1.165, 1.54) is 11.1 Å². The minimum absolute atomic E-state index is 0.0227. The zero-order valence-electron chi connectivity index (χ0n) is 14.5. The molecule has 0 fully saturated rings. The summed E-state index contributed by atoms with van der Waals surface area (Å²) in [5.74, 6) is 1.40. The predicted molar refractivity (Wildman–Crippen MR) is 97.5 cm³/mol. The molecule has 1 heterocycles. The molecule has 3 aromatic rings. The van der Waals surface area contributed by atoms with Crippen molar-refractivity contribution in [2.75, 3.05) is 0 Å². The molecule has 1 aliphatic carbocycles. The zero-order valence-corrected chi connectivity index (χ0v) is 14.5. The molecule has 4 rings (SSSR count). The lowest BCUT2D eigenvalue weighted by Crippen LogP contribution is -2.24.